The fourth-order valence-corrected chi connectivity index (χ4v) is 3.73. The Hall–Kier alpha value is -2.02. The van der Waals surface area contributed by atoms with Crippen LogP contribution in [0.4, 0.5) is 4.79 Å². The van der Waals surface area contributed by atoms with Crippen molar-refractivity contribution in [3.63, 3.8) is 0 Å². The van der Waals surface area contributed by atoms with Crippen molar-refractivity contribution < 1.29 is 9.59 Å². The minimum atomic E-state index is -0.294. The van der Waals surface area contributed by atoms with Gasteiger partial charge in [0.2, 0.25) is 5.91 Å². The van der Waals surface area contributed by atoms with Gasteiger partial charge in [0.05, 0.1) is 16.8 Å². The smallest absolute Gasteiger partial charge is 0.324 e. The molecule has 3 rings (SSSR count). The number of unbranched alkanes of at least 4 members (excludes halogenated alkanes) is 2. The summed E-state index contributed by atoms with van der Waals surface area (Å²) in [6, 6.07) is 7.74. The molecule has 2 heterocycles. The molecule has 0 aliphatic carbocycles. The van der Waals surface area contributed by atoms with Crippen molar-refractivity contribution in [1.29, 1.82) is 0 Å². The van der Waals surface area contributed by atoms with Gasteiger partial charge in [0.15, 0.2) is 5.16 Å². The summed E-state index contributed by atoms with van der Waals surface area (Å²) in [7, 11) is 0. The van der Waals surface area contributed by atoms with E-state index in [4.69, 9.17) is 0 Å². The third-order valence-electron chi connectivity index (χ3n) is 4.09. The summed E-state index contributed by atoms with van der Waals surface area (Å²) in [6.07, 6.45) is 3.42. The number of amides is 3. The molecule has 3 amide bonds. The van der Waals surface area contributed by atoms with Crippen molar-refractivity contribution in [3.8, 4) is 0 Å². The first kappa shape index (κ1) is 16.8. The Morgan fingerprint density at radius 1 is 1.33 bits per heavy atom. The molecule has 128 valence electrons. The van der Waals surface area contributed by atoms with Crippen molar-refractivity contribution in [2.24, 2.45) is 0 Å². The monoisotopic (exact) mass is 346 g/mol. The lowest BCUT2D eigenvalue weighted by Crippen LogP contribution is -2.35. The molecule has 7 heteroatoms. The molecule has 1 fully saturated rings. The number of carbonyl (C=O) groups is 2. The number of rotatable bonds is 7. The Balaban J connectivity index is 1.74. The Kier molecular flexibility index (Phi) is 5.40. The van der Waals surface area contributed by atoms with Crippen LogP contribution in [0.2, 0.25) is 0 Å². The van der Waals surface area contributed by atoms with Crippen molar-refractivity contribution in [1.82, 2.24) is 19.8 Å². The third-order valence-corrected chi connectivity index (χ3v) is 5.05. The summed E-state index contributed by atoms with van der Waals surface area (Å²) in [5.41, 5.74) is 2.05. The number of nitrogens with one attached hydrogen (secondary N) is 1. The highest BCUT2D eigenvalue weighted by atomic mass is 32.2. The zero-order valence-electron chi connectivity index (χ0n) is 13.8. The van der Waals surface area contributed by atoms with Gasteiger partial charge >= 0.3 is 6.03 Å². The number of fused-ring (bicyclic) bond motifs is 1. The lowest BCUT2D eigenvalue weighted by atomic mass is 10.2. The molecule has 1 N–H and O–H groups in total. The van der Waals surface area contributed by atoms with E-state index in [1.54, 1.807) is 0 Å². The molecule has 0 atom stereocenters. The van der Waals surface area contributed by atoms with E-state index in [1.807, 2.05) is 18.2 Å². The number of para-hydroxylation sites is 2. The number of hydrogen-bond donors (Lipinski definition) is 1. The standard InChI is InChI=1S/C17H22N4O2S/c1-2-3-6-10-20-14-8-5-4-7-13(14)19-17(20)24-12-15(22)21-11-9-18-16(21)23/h4-5,7-8H,2-3,6,9-12H2,1H3,(H,18,23). The van der Waals surface area contributed by atoms with E-state index in [2.05, 4.69) is 27.9 Å². The lowest BCUT2D eigenvalue weighted by molar-refractivity contribution is -0.124. The molecule has 1 aromatic carbocycles. The molecule has 0 radical (unpaired) electrons. The van der Waals surface area contributed by atoms with E-state index < -0.39 is 0 Å². The molecule has 0 bridgehead atoms. The minimum absolute atomic E-state index is 0.165. The van der Waals surface area contributed by atoms with Gasteiger partial charge in [-0.3, -0.25) is 9.69 Å². The van der Waals surface area contributed by atoms with E-state index in [1.165, 1.54) is 23.1 Å². The molecule has 1 aromatic heterocycles. The average molecular weight is 346 g/mol. The molecule has 0 saturated carbocycles. The quantitative estimate of drug-likeness (QED) is 0.618. The largest absolute Gasteiger partial charge is 0.336 e. The molecule has 1 saturated heterocycles. The predicted molar refractivity (Wildman–Crippen MR) is 95.1 cm³/mol. The summed E-state index contributed by atoms with van der Waals surface area (Å²) in [5.74, 6) is 0.0620. The topological polar surface area (TPSA) is 67.2 Å². The average Bonchev–Trinajstić information content (AvgIpc) is 3.17. The molecule has 0 spiro atoms. The first-order valence-electron chi connectivity index (χ1n) is 8.37. The van der Waals surface area contributed by atoms with Crippen LogP contribution in [0.1, 0.15) is 26.2 Å². The highest BCUT2D eigenvalue weighted by Crippen LogP contribution is 2.25. The Bertz CT molecular complexity index is 743. The number of carbonyl (C=O) groups excluding carboxylic acids is 2. The molecule has 24 heavy (non-hydrogen) atoms. The number of aryl methyl sites for hydroxylation is 1. The van der Waals surface area contributed by atoms with Gasteiger partial charge in [-0.15, -0.1) is 0 Å². The van der Waals surface area contributed by atoms with Gasteiger partial charge in [0, 0.05) is 19.6 Å². The highest BCUT2D eigenvalue weighted by Gasteiger charge is 2.26. The summed E-state index contributed by atoms with van der Waals surface area (Å²) >= 11 is 1.41. The third kappa shape index (κ3) is 3.56. The van der Waals surface area contributed by atoms with E-state index in [-0.39, 0.29) is 17.7 Å². The summed E-state index contributed by atoms with van der Waals surface area (Å²) in [6.45, 7) is 4.06. The maximum absolute atomic E-state index is 12.2. The highest BCUT2D eigenvalue weighted by molar-refractivity contribution is 7.99. The Morgan fingerprint density at radius 2 is 2.17 bits per heavy atom. The van der Waals surface area contributed by atoms with Gasteiger partial charge in [0.25, 0.3) is 0 Å². The van der Waals surface area contributed by atoms with Gasteiger partial charge < -0.3 is 9.88 Å². The normalized spacial score (nSPS) is 14.4. The molecule has 0 unspecified atom stereocenters. The number of imide groups is 1. The van der Waals surface area contributed by atoms with Crippen LogP contribution in [-0.4, -0.2) is 45.2 Å². The molecule has 2 aromatic rings. The minimum Gasteiger partial charge on any atom is -0.336 e. The van der Waals surface area contributed by atoms with Gasteiger partial charge in [-0.05, 0) is 18.6 Å². The number of thioether (sulfide) groups is 1. The van der Waals surface area contributed by atoms with Gasteiger partial charge in [-0.1, -0.05) is 43.7 Å². The van der Waals surface area contributed by atoms with E-state index >= 15 is 0 Å². The maximum atomic E-state index is 12.2. The molecule has 6 nitrogen and oxygen atoms in total. The van der Waals surface area contributed by atoms with Crippen LogP contribution in [-0.2, 0) is 11.3 Å². The fourth-order valence-electron chi connectivity index (χ4n) is 2.81. The van der Waals surface area contributed by atoms with Crippen molar-refractivity contribution >= 4 is 34.7 Å². The SMILES string of the molecule is CCCCCn1c(SCC(=O)N2CCNC2=O)nc2ccccc21. The number of benzene rings is 1. The van der Waals surface area contributed by atoms with Gasteiger partial charge in [-0.2, -0.15) is 0 Å². The molecule has 1 aliphatic heterocycles. The van der Waals surface area contributed by atoms with E-state index in [0.29, 0.717) is 13.1 Å². The zero-order valence-corrected chi connectivity index (χ0v) is 14.6. The summed E-state index contributed by atoms with van der Waals surface area (Å²) in [5, 5.41) is 3.50. The molecular formula is C17H22N4O2S. The van der Waals surface area contributed by atoms with E-state index in [0.717, 1.165) is 35.6 Å². The van der Waals surface area contributed by atoms with Crippen LogP contribution in [0, 0.1) is 0 Å². The number of imidazole rings is 1. The fraction of sp³-hybridized carbons (Fsp3) is 0.471. The van der Waals surface area contributed by atoms with Crippen LogP contribution in [0.25, 0.3) is 11.0 Å². The number of hydrogen-bond acceptors (Lipinski definition) is 4. The van der Waals surface area contributed by atoms with Crippen molar-refractivity contribution in [2.45, 2.75) is 37.9 Å². The van der Waals surface area contributed by atoms with Crippen LogP contribution in [0.3, 0.4) is 0 Å². The maximum Gasteiger partial charge on any atom is 0.324 e. The van der Waals surface area contributed by atoms with Crippen LogP contribution in [0.5, 0.6) is 0 Å². The second kappa shape index (κ2) is 7.70. The van der Waals surface area contributed by atoms with Gasteiger partial charge in [0.1, 0.15) is 0 Å². The van der Waals surface area contributed by atoms with Crippen LogP contribution < -0.4 is 5.32 Å². The van der Waals surface area contributed by atoms with Crippen molar-refractivity contribution in [3.05, 3.63) is 24.3 Å². The van der Waals surface area contributed by atoms with Crippen molar-refractivity contribution in [2.75, 3.05) is 18.8 Å². The Morgan fingerprint density at radius 3 is 2.92 bits per heavy atom. The first-order chi connectivity index (χ1) is 11.7. The summed E-state index contributed by atoms with van der Waals surface area (Å²) < 4.78 is 2.19. The first-order valence-corrected chi connectivity index (χ1v) is 9.35. The number of nitrogens with zero attached hydrogens (tertiary/aromatic N) is 3. The second-order valence-corrected chi connectivity index (χ2v) is 6.75. The lowest BCUT2D eigenvalue weighted by Gasteiger charge is -2.12. The number of urea groups is 1. The van der Waals surface area contributed by atoms with Gasteiger partial charge in [-0.25, -0.2) is 9.78 Å². The molecular weight excluding hydrogens is 324 g/mol. The molecule has 1 aliphatic rings. The summed E-state index contributed by atoms with van der Waals surface area (Å²) in [4.78, 5) is 29.7. The Labute approximate surface area is 145 Å². The second-order valence-electron chi connectivity index (χ2n) is 5.81. The zero-order chi connectivity index (χ0) is 16.9. The van der Waals surface area contributed by atoms with Crippen LogP contribution in [0.15, 0.2) is 29.4 Å². The predicted octanol–water partition coefficient (Wildman–Crippen LogP) is 2.87. The van der Waals surface area contributed by atoms with E-state index in [9.17, 15) is 9.59 Å². The van der Waals surface area contributed by atoms with Crippen LogP contribution >= 0.6 is 11.8 Å². The number of aromatic nitrogens is 2.